The van der Waals surface area contributed by atoms with E-state index in [9.17, 15) is 19.3 Å². The van der Waals surface area contributed by atoms with Gasteiger partial charge < -0.3 is 14.5 Å². The number of hydrogen-bond donors (Lipinski definition) is 1. The number of piperidine rings is 1. The minimum absolute atomic E-state index is 0.00511. The van der Waals surface area contributed by atoms with Crippen LogP contribution in [0.25, 0.3) is 0 Å². The number of nitrogens with zero attached hydrogens (tertiary/aromatic N) is 6. The van der Waals surface area contributed by atoms with Crippen LogP contribution in [0, 0.1) is 15.9 Å². The lowest BCUT2D eigenvalue weighted by molar-refractivity contribution is -0.385. The van der Waals surface area contributed by atoms with Gasteiger partial charge in [-0.25, -0.2) is 19.2 Å². The second kappa shape index (κ2) is 9.63. The Kier molecular flexibility index (Phi) is 6.65. The van der Waals surface area contributed by atoms with Gasteiger partial charge in [0.1, 0.15) is 12.1 Å². The Morgan fingerprint density at radius 1 is 1.27 bits per heavy atom. The molecule has 4 rings (SSSR count). The van der Waals surface area contributed by atoms with Crippen molar-refractivity contribution in [3.8, 4) is 11.6 Å². The summed E-state index contributed by atoms with van der Waals surface area (Å²) in [6, 6.07) is 4.86. The Hall–Kier alpha value is -3.38. The van der Waals surface area contributed by atoms with E-state index in [0.29, 0.717) is 6.04 Å². The molecule has 0 aliphatic carbocycles. The number of aromatic nitrogens is 2. The Balaban J connectivity index is 1.32. The standard InChI is InChI=1S/C21H26FN7O4/c1-26-11-16(12-26)28-7-5-14(6-8-28)27(2)21(30)25-19-10-20(24-13-23-19)33-18-4-3-15(29(31)32)9-17(18)22/h3-4,9-10,13-14,16H,5-8,11-12H2,1-2H3,(H,23,24,25,30). The number of amides is 2. The molecule has 2 aliphatic rings. The van der Waals surface area contributed by atoms with Crippen LogP contribution in [0.5, 0.6) is 11.6 Å². The highest BCUT2D eigenvalue weighted by atomic mass is 19.1. The third-order valence-corrected chi connectivity index (χ3v) is 6.15. The van der Waals surface area contributed by atoms with Gasteiger partial charge in [0.05, 0.1) is 11.0 Å². The van der Waals surface area contributed by atoms with Crippen LogP contribution in [0.3, 0.4) is 0 Å². The number of carbonyl (C=O) groups excluding carboxylic acids is 1. The summed E-state index contributed by atoms with van der Waals surface area (Å²) < 4.78 is 19.5. The monoisotopic (exact) mass is 459 g/mol. The maximum Gasteiger partial charge on any atom is 0.323 e. The molecule has 11 nitrogen and oxygen atoms in total. The Bertz CT molecular complexity index is 1030. The molecule has 12 heteroatoms. The number of likely N-dealkylation sites (N-methyl/N-ethyl adjacent to an activating group) is 1. The van der Waals surface area contributed by atoms with Gasteiger partial charge >= 0.3 is 6.03 Å². The van der Waals surface area contributed by atoms with E-state index in [0.717, 1.165) is 57.2 Å². The highest BCUT2D eigenvalue weighted by molar-refractivity contribution is 5.88. The van der Waals surface area contributed by atoms with Gasteiger partial charge in [0.15, 0.2) is 11.6 Å². The molecule has 2 fully saturated rings. The van der Waals surface area contributed by atoms with Crippen molar-refractivity contribution in [3.05, 3.63) is 46.5 Å². The first-order valence-electron chi connectivity index (χ1n) is 10.7. The molecule has 1 aromatic carbocycles. The maximum atomic E-state index is 14.1. The van der Waals surface area contributed by atoms with E-state index in [1.807, 2.05) is 0 Å². The van der Waals surface area contributed by atoms with Gasteiger partial charge in [-0.05, 0) is 26.0 Å². The number of nitro groups is 1. The molecule has 1 N–H and O–H groups in total. The lowest BCUT2D eigenvalue weighted by atomic mass is 9.99. The topological polar surface area (TPSA) is 117 Å². The molecule has 2 amide bonds. The van der Waals surface area contributed by atoms with E-state index < -0.39 is 10.7 Å². The molecule has 2 aliphatic heterocycles. The second-order valence-electron chi connectivity index (χ2n) is 8.40. The summed E-state index contributed by atoms with van der Waals surface area (Å²) in [6.45, 7) is 4.13. The van der Waals surface area contributed by atoms with Crippen LogP contribution in [-0.4, -0.2) is 88.0 Å². The number of hydrogen-bond acceptors (Lipinski definition) is 8. The van der Waals surface area contributed by atoms with Crippen molar-refractivity contribution in [1.29, 1.82) is 0 Å². The number of urea groups is 1. The molecule has 176 valence electrons. The molecule has 0 saturated carbocycles. The molecular weight excluding hydrogens is 433 g/mol. The number of ether oxygens (including phenoxy) is 1. The minimum Gasteiger partial charge on any atom is -0.436 e. The molecule has 0 bridgehead atoms. The van der Waals surface area contributed by atoms with E-state index in [1.165, 1.54) is 12.4 Å². The van der Waals surface area contributed by atoms with Crippen LogP contribution < -0.4 is 10.1 Å². The molecule has 3 heterocycles. The van der Waals surface area contributed by atoms with Crippen molar-refractivity contribution in [2.45, 2.75) is 24.9 Å². The lowest BCUT2D eigenvalue weighted by Gasteiger charge is -2.47. The van der Waals surface area contributed by atoms with E-state index in [-0.39, 0.29) is 35.2 Å². The largest absolute Gasteiger partial charge is 0.436 e. The Morgan fingerprint density at radius 3 is 2.64 bits per heavy atom. The van der Waals surface area contributed by atoms with Crippen molar-refractivity contribution in [2.24, 2.45) is 0 Å². The number of rotatable bonds is 6. The average Bonchev–Trinajstić information content (AvgIpc) is 2.78. The van der Waals surface area contributed by atoms with Crippen LogP contribution in [0.4, 0.5) is 20.7 Å². The summed E-state index contributed by atoms with van der Waals surface area (Å²) in [4.78, 5) is 37.2. The number of carbonyl (C=O) groups is 1. The zero-order valence-electron chi connectivity index (χ0n) is 18.5. The SMILES string of the molecule is CN1CC(N2CCC(N(C)C(=O)Nc3cc(Oc4ccc([N+](=O)[O-])cc4F)ncn3)CC2)C1. The van der Waals surface area contributed by atoms with Gasteiger partial charge in [0, 0.05) is 57.4 Å². The Morgan fingerprint density at radius 2 is 2.00 bits per heavy atom. The van der Waals surface area contributed by atoms with Gasteiger partial charge in [-0.1, -0.05) is 0 Å². The maximum absolute atomic E-state index is 14.1. The fourth-order valence-corrected chi connectivity index (χ4v) is 4.16. The van der Waals surface area contributed by atoms with E-state index in [1.54, 1.807) is 11.9 Å². The zero-order valence-corrected chi connectivity index (χ0v) is 18.5. The molecule has 0 unspecified atom stereocenters. The number of likely N-dealkylation sites (tertiary alicyclic amines) is 2. The first kappa shape index (κ1) is 22.8. The summed E-state index contributed by atoms with van der Waals surface area (Å²) in [5, 5.41) is 13.5. The fourth-order valence-electron chi connectivity index (χ4n) is 4.16. The third kappa shape index (κ3) is 5.34. The molecule has 2 aromatic rings. The molecule has 0 atom stereocenters. The van der Waals surface area contributed by atoms with E-state index in [2.05, 4.69) is 32.1 Å². The van der Waals surface area contributed by atoms with Crippen LogP contribution in [0.1, 0.15) is 12.8 Å². The minimum atomic E-state index is -0.895. The van der Waals surface area contributed by atoms with Crippen molar-refractivity contribution in [3.63, 3.8) is 0 Å². The second-order valence-corrected chi connectivity index (χ2v) is 8.40. The average molecular weight is 459 g/mol. The molecule has 0 spiro atoms. The number of nitro benzene ring substituents is 1. The quantitative estimate of drug-likeness (QED) is 0.517. The third-order valence-electron chi connectivity index (χ3n) is 6.15. The van der Waals surface area contributed by atoms with Crippen LogP contribution in [0.15, 0.2) is 30.6 Å². The zero-order chi connectivity index (χ0) is 23.5. The van der Waals surface area contributed by atoms with Gasteiger partial charge in [-0.15, -0.1) is 0 Å². The van der Waals surface area contributed by atoms with Gasteiger partial charge in [-0.2, -0.15) is 0 Å². The summed E-state index contributed by atoms with van der Waals surface area (Å²) in [6.07, 6.45) is 2.99. The first-order chi connectivity index (χ1) is 15.8. The predicted octanol–water partition coefficient (Wildman–Crippen LogP) is 2.56. The van der Waals surface area contributed by atoms with E-state index >= 15 is 0 Å². The molecule has 1 aromatic heterocycles. The number of benzene rings is 1. The van der Waals surface area contributed by atoms with Gasteiger partial charge in [-0.3, -0.25) is 20.3 Å². The molecular formula is C21H26FN7O4. The number of nitrogens with one attached hydrogen (secondary N) is 1. The van der Waals surface area contributed by atoms with Crippen molar-refractivity contribution < 1.29 is 18.8 Å². The van der Waals surface area contributed by atoms with Crippen LogP contribution in [0.2, 0.25) is 0 Å². The molecule has 0 radical (unpaired) electrons. The highest BCUT2D eigenvalue weighted by Gasteiger charge is 2.33. The Labute approximate surface area is 190 Å². The summed E-state index contributed by atoms with van der Waals surface area (Å²) in [5.41, 5.74) is -0.385. The van der Waals surface area contributed by atoms with Crippen molar-refractivity contribution in [2.75, 3.05) is 45.6 Å². The first-order valence-corrected chi connectivity index (χ1v) is 10.7. The van der Waals surface area contributed by atoms with Crippen LogP contribution >= 0.6 is 0 Å². The van der Waals surface area contributed by atoms with Gasteiger partial charge in [0.2, 0.25) is 5.88 Å². The smallest absolute Gasteiger partial charge is 0.323 e. The highest BCUT2D eigenvalue weighted by Crippen LogP contribution is 2.27. The summed E-state index contributed by atoms with van der Waals surface area (Å²) in [7, 11) is 3.88. The fraction of sp³-hybridized carbons (Fsp3) is 0.476. The van der Waals surface area contributed by atoms with Crippen LogP contribution in [-0.2, 0) is 0 Å². The normalized spacial score (nSPS) is 17.9. The lowest BCUT2D eigenvalue weighted by Crippen LogP contribution is -2.60. The number of halogens is 1. The predicted molar refractivity (Wildman–Crippen MR) is 118 cm³/mol. The van der Waals surface area contributed by atoms with Crippen molar-refractivity contribution in [1.82, 2.24) is 24.7 Å². The summed E-state index contributed by atoms with van der Waals surface area (Å²) >= 11 is 0. The molecule has 2 saturated heterocycles. The van der Waals surface area contributed by atoms with Crippen molar-refractivity contribution >= 4 is 17.5 Å². The molecule has 33 heavy (non-hydrogen) atoms. The number of non-ortho nitro benzene ring substituents is 1. The number of anilines is 1. The summed E-state index contributed by atoms with van der Waals surface area (Å²) in [5.74, 6) is -0.922. The van der Waals surface area contributed by atoms with E-state index in [4.69, 9.17) is 4.74 Å². The van der Waals surface area contributed by atoms with Gasteiger partial charge in [0.25, 0.3) is 5.69 Å².